The van der Waals surface area contributed by atoms with E-state index in [0.29, 0.717) is 25.4 Å². The van der Waals surface area contributed by atoms with Gasteiger partial charge in [0.1, 0.15) is 5.02 Å². The second kappa shape index (κ2) is 6.66. The molecule has 1 atom stereocenters. The fourth-order valence-electron chi connectivity index (χ4n) is 2.79. The van der Waals surface area contributed by atoms with Crippen LogP contribution in [0.4, 0.5) is 5.69 Å². The second-order valence-electron chi connectivity index (χ2n) is 5.54. The summed E-state index contributed by atoms with van der Waals surface area (Å²) in [5.74, 6) is -0.0756. The highest BCUT2D eigenvalue weighted by Crippen LogP contribution is 2.25. The van der Waals surface area contributed by atoms with Crippen LogP contribution in [-0.4, -0.2) is 41.9 Å². The van der Waals surface area contributed by atoms with E-state index in [4.69, 9.17) is 16.3 Å². The van der Waals surface area contributed by atoms with E-state index in [0.717, 1.165) is 25.7 Å². The van der Waals surface area contributed by atoms with E-state index in [2.05, 4.69) is 10.4 Å². The van der Waals surface area contributed by atoms with Crippen LogP contribution in [0.25, 0.3) is 0 Å². The molecular formula is C14H19ClN4O3. The van der Waals surface area contributed by atoms with Crippen LogP contribution >= 0.6 is 11.6 Å². The maximum Gasteiger partial charge on any atom is 0.290 e. The third kappa shape index (κ3) is 3.10. The first-order valence-corrected chi connectivity index (χ1v) is 7.95. The first-order valence-electron chi connectivity index (χ1n) is 7.57. The summed E-state index contributed by atoms with van der Waals surface area (Å²) in [6.45, 7) is 2.10. The fourth-order valence-corrected chi connectivity index (χ4v) is 3.04. The molecule has 0 radical (unpaired) electrons. The van der Waals surface area contributed by atoms with Gasteiger partial charge in [0.25, 0.3) is 5.56 Å². The molecule has 1 N–H and O–H groups in total. The molecule has 120 valence electrons. The van der Waals surface area contributed by atoms with Crippen molar-refractivity contribution in [3.8, 4) is 0 Å². The molecular weight excluding hydrogens is 308 g/mol. The number of halogens is 1. The van der Waals surface area contributed by atoms with Crippen LogP contribution in [0.2, 0.25) is 5.02 Å². The largest absolute Gasteiger partial charge is 0.359 e. The number of nitrogens with one attached hydrogen (secondary N) is 1. The molecule has 0 aliphatic carbocycles. The molecule has 2 saturated heterocycles. The lowest BCUT2D eigenvalue weighted by atomic mass is 10.2. The van der Waals surface area contributed by atoms with Crippen molar-refractivity contribution in [2.24, 2.45) is 0 Å². The fraction of sp³-hybridized carbons (Fsp3) is 0.643. The molecule has 1 unspecified atom stereocenters. The van der Waals surface area contributed by atoms with Gasteiger partial charge in [-0.3, -0.25) is 9.59 Å². The molecule has 1 amide bonds. The average Bonchev–Trinajstić information content (AvgIpc) is 2.75. The lowest BCUT2D eigenvalue weighted by Crippen LogP contribution is -2.36. The summed E-state index contributed by atoms with van der Waals surface area (Å²) in [5.41, 5.74) is 0.145. The topological polar surface area (TPSA) is 76.5 Å². The van der Waals surface area contributed by atoms with Gasteiger partial charge in [0.05, 0.1) is 18.4 Å². The number of nitrogens with zero attached hydrogens (tertiary/aromatic N) is 3. The minimum Gasteiger partial charge on any atom is -0.359 e. The number of hydrogen-bond acceptors (Lipinski definition) is 5. The van der Waals surface area contributed by atoms with Crippen molar-refractivity contribution < 1.29 is 9.53 Å². The van der Waals surface area contributed by atoms with E-state index in [9.17, 15) is 9.59 Å². The van der Waals surface area contributed by atoms with Gasteiger partial charge in [-0.2, -0.15) is 9.78 Å². The number of carbonyl (C=O) groups excluding carboxylic acids is 1. The van der Waals surface area contributed by atoms with E-state index in [1.807, 2.05) is 0 Å². The van der Waals surface area contributed by atoms with Crippen LogP contribution in [0, 0.1) is 0 Å². The molecule has 22 heavy (non-hydrogen) atoms. The molecule has 3 heterocycles. The predicted molar refractivity (Wildman–Crippen MR) is 82.2 cm³/mol. The highest BCUT2D eigenvalue weighted by atomic mass is 35.5. The summed E-state index contributed by atoms with van der Waals surface area (Å²) < 4.78 is 6.89. The van der Waals surface area contributed by atoms with Crippen LogP contribution in [0.5, 0.6) is 0 Å². The smallest absolute Gasteiger partial charge is 0.290 e. The first-order chi connectivity index (χ1) is 10.7. The lowest BCUT2D eigenvalue weighted by molar-refractivity contribution is -0.119. The number of carbonyl (C=O) groups is 1. The Balaban J connectivity index is 1.88. The molecule has 7 nitrogen and oxygen atoms in total. The molecule has 2 aliphatic rings. The number of amides is 1. The highest BCUT2D eigenvalue weighted by Gasteiger charge is 2.23. The zero-order valence-electron chi connectivity index (χ0n) is 12.3. The van der Waals surface area contributed by atoms with Gasteiger partial charge in [0, 0.05) is 19.7 Å². The Hall–Kier alpha value is -1.60. The van der Waals surface area contributed by atoms with Crippen molar-refractivity contribution >= 4 is 23.2 Å². The normalized spacial score (nSPS) is 23.0. The Bertz CT molecular complexity index is 613. The number of ether oxygens (including phenoxy) is 1. The maximum absolute atomic E-state index is 12.5. The SMILES string of the molecule is O=C1CN(c2cnn(C3CCCCO3)c(=O)c2Cl)CCCN1. The van der Waals surface area contributed by atoms with Gasteiger partial charge in [0.2, 0.25) is 5.91 Å². The van der Waals surface area contributed by atoms with Gasteiger partial charge >= 0.3 is 0 Å². The van der Waals surface area contributed by atoms with Gasteiger partial charge in [-0.15, -0.1) is 0 Å². The predicted octanol–water partition coefficient (Wildman–Crippen LogP) is 0.922. The van der Waals surface area contributed by atoms with Crippen LogP contribution < -0.4 is 15.8 Å². The molecule has 2 aliphatic heterocycles. The second-order valence-corrected chi connectivity index (χ2v) is 5.92. The van der Waals surface area contributed by atoms with Crippen molar-refractivity contribution in [2.75, 3.05) is 31.1 Å². The quantitative estimate of drug-likeness (QED) is 0.874. The molecule has 0 aromatic carbocycles. The molecule has 1 aromatic rings. The van der Waals surface area contributed by atoms with Crippen molar-refractivity contribution in [1.82, 2.24) is 15.1 Å². The van der Waals surface area contributed by atoms with Gasteiger partial charge in [-0.05, 0) is 25.7 Å². The van der Waals surface area contributed by atoms with Gasteiger partial charge in [-0.1, -0.05) is 11.6 Å². The van der Waals surface area contributed by atoms with E-state index in [-0.39, 0.29) is 29.3 Å². The van der Waals surface area contributed by atoms with E-state index < -0.39 is 0 Å². The minimum atomic E-state index is -0.365. The lowest BCUT2D eigenvalue weighted by Gasteiger charge is -2.26. The minimum absolute atomic E-state index is 0.0756. The van der Waals surface area contributed by atoms with Gasteiger partial charge in [0.15, 0.2) is 6.23 Å². The average molecular weight is 327 g/mol. The molecule has 0 bridgehead atoms. The summed E-state index contributed by atoms with van der Waals surface area (Å²) >= 11 is 6.25. The summed E-state index contributed by atoms with van der Waals surface area (Å²) in [6, 6.07) is 0. The summed E-state index contributed by atoms with van der Waals surface area (Å²) in [5, 5.41) is 7.11. The molecule has 1 aromatic heterocycles. The molecule has 3 rings (SSSR count). The Morgan fingerprint density at radius 1 is 1.32 bits per heavy atom. The third-order valence-electron chi connectivity index (χ3n) is 3.96. The number of hydrogen-bond donors (Lipinski definition) is 1. The Kier molecular flexibility index (Phi) is 4.63. The Labute approximate surface area is 133 Å². The highest BCUT2D eigenvalue weighted by molar-refractivity contribution is 6.33. The van der Waals surface area contributed by atoms with Crippen molar-refractivity contribution in [2.45, 2.75) is 31.9 Å². The standard InChI is InChI=1S/C14H19ClN4O3/c15-13-10(18-6-3-5-16-11(20)9-18)8-17-19(14(13)21)12-4-1-2-7-22-12/h8,12H,1-7,9H2,(H,16,20). The zero-order valence-corrected chi connectivity index (χ0v) is 13.0. The van der Waals surface area contributed by atoms with Crippen molar-refractivity contribution in [1.29, 1.82) is 0 Å². The summed E-state index contributed by atoms with van der Waals surface area (Å²) in [6.07, 6.45) is 4.77. The van der Waals surface area contributed by atoms with Gasteiger partial charge in [-0.25, -0.2) is 0 Å². The van der Waals surface area contributed by atoms with E-state index in [1.54, 1.807) is 11.1 Å². The van der Waals surface area contributed by atoms with Crippen LogP contribution in [0.1, 0.15) is 31.9 Å². The molecule has 2 fully saturated rings. The third-order valence-corrected chi connectivity index (χ3v) is 4.31. The summed E-state index contributed by atoms with van der Waals surface area (Å²) in [7, 11) is 0. The number of rotatable bonds is 2. The molecule has 8 heteroatoms. The Morgan fingerprint density at radius 2 is 2.18 bits per heavy atom. The van der Waals surface area contributed by atoms with E-state index >= 15 is 0 Å². The van der Waals surface area contributed by atoms with Crippen LogP contribution in [0.3, 0.4) is 0 Å². The molecule has 0 saturated carbocycles. The van der Waals surface area contributed by atoms with Crippen molar-refractivity contribution in [3.05, 3.63) is 21.6 Å². The van der Waals surface area contributed by atoms with Gasteiger partial charge < -0.3 is 15.0 Å². The monoisotopic (exact) mass is 326 g/mol. The van der Waals surface area contributed by atoms with Crippen LogP contribution in [0.15, 0.2) is 11.0 Å². The maximum atomic E-state index is 12.5. The van der Waals surface area contributed by atoms with Crippen LogP contribution in [-0.2, 0) is 9.53 Å². The van der Waals surface area contributed by atoms with E-state index in [1.165, 1.54) is 4.68 Å². The number of aromatic nitrogens is 2. The summed E-state index contributed by atoms with van der Waals surface area (Å²) in [4.78, 5) is 25.9. The zero-order chi connectivity index (χ0) is 15.5. The number of anilines is 1. The Morgan fingerprint density at radius 3 is 2.95 bits per heavy atom. The van der Waals surface area contributed by atoms with Crippen molar-refractivity contribution in [3.63, 3.8) is 0 Å². The first kappa shape index (κ1) is 15.3. The molecule has 0 spiro atoms.